The summed E-state index contributed by atoms with van der Waals surface area (Å²) < 4.78 is 13.9. The molecule has 5 heteroatoms. The molecule has 0 saturated carbocycles. The van der Waals surface area contributed by atoms with Gasteiger partial charge in [-0.2, -0.15) is 0 Å². The van der Waals surface area contributed by atoms with Crippen LogP contribution in [0.15, 0.2) is 54.4 Å². The van der Waals surface area contributed by atoms with Crippen molar-refractivity contribution in [3.63, 3.8) is 0 Å². The Balaban J connectivity index is 0.000000717. The lowest BCUT2D eigenvalue weighted by molar-refractivity contribution is 0.0697. The number of hydrogen-bond donors (Lipinski definition) is 2. The fourth-order valence-corrected chi connectivity index (χ4v) is 2.50. The van der Waals surface area contributed by atoms with E-state index < -0.39 is 11.8 Å². The average Bonchev–Trinajstić information content (AvgIpc) is 3.01. The van der Waals surface area contributed by atoms with Crippen LogP contribution in [0.1, 0.15) is 63.5 Å². The third-order valence-electron chi connectivity index (χ3n) is 3.70. The van der Waals surface area contributed by atoms with E-state index in [0.29, 0.717) is 17.0 Å². The van der Waals surface area contributed by atoms with E-state index in [0.717, 1.165) is 18.2 Å². The van der Waals surface area contributed by atoms with Crippen LogP contribution in [-0.2, 0) is 0 Å². The highest BCUT2D eigenvalue weighted by Gasteiger charge is 2.19. The third-order valence-corrected chi connectivity index (χ3v) is 3.70. The van der Waals surface area contributed by atoms with Crippen molar-refractivity contribution in [2.75, 3.05) is 0 Å². The largest absolute Gasteiger partial charge is 0.478 e. The Morgan fingerprint density at radius 3 is 2.61 bits per heavy atom. The molecule has 150 valence electrons. The van der Waals surface area contributed by atoms with Gasteiger partial charge in [-0.1, -0.05) is 64.0 Å². The molecule has 0 aliphatic heterocycles. The normalized spacial score (nSPS) is 12.5. The molecular weight excluding hydrogens is 355 g/mol. The monoisotopic (exact) mass is 384 g/mol. The van der Waals surface area contributed by atoms with Crippen LogP contribution < -0.4 is 0 Å². The smallest absolute Gasteiger partial charge is 0.337 e. The lowest BCUT2D eigenvalue weighted by Crippen LogP contribution is -1.98. The summed E-state index contributed by atoms with van der Waals surface area (Å²) in [6.45, 7) is 10.3. The van der Waals surface area contributed by atoms with Crippen molar-refractivity contribution in [1.29, 1.82) is 0 Å². The lowest BCUT2D eigenvalue weighted by Gasteiger charge is -2.02. The number of pyridine rings is 1. The van der Waals surface area contributed by atoms with Crippen molar-refractivity contribution in [2.45, 2.75) is 47.5 Å². The van der Waals surface area contributed by atoms with Crippen LogP contribution in [0.3, 0.4) is 0 Å². The molecule has 2 heterocycles. The van der Waals surface area contributed by atoms with E-state index in [1.165, 1.54) is 30.3 Å². The molecule has 0 amide bonds. The zero-order valence-electron chi connectivity index (χ0n) is 17.2. The first kappa shape index (κ1) is 23.1. The number of aromatic carboxylic acids is 1. The third kappa shape index (κ3) is 6.05. The van der Waals surface area contributed by atoms with Gasteiger partial charge >= 0.3 is 5.97 Å². The second kappa shape index (κ2) is 11.7. The van der Waals surface area contributed by atoms with Gasteiger partial charge < -0.3 is 10.1 Å². The topological polar surface area (TPSA) is 66.0 Å². The van der Waals surface area contributed by atoms with E-state index in [9.17, 15) is 14.3 Å². The summed E-state index contributed by atoms with van der Waals surface area (Å²) >= 11 is 0. The predicted molar refractivity (Wildman–Crippen MR) is 114 cm³/mol. The van der Waals surface area contributed by atoms with Crippen molar-refractivity contribution in [1.82, 2.24) is 9.97 Å². The Labute approximate surface area is 166 Å². The highest BCUT2D eigenvalue weighted by Crippen LogP contribution is 2.29. The maximum absolute atomic E-state index is 13.9. The van der Waals surface area contributed by atoms with Gasteiger partial charge in [-0.05, 0) is 31.1 Å². The van der Waals surface area contributed by atoms with E-state index >= 15 is 0 Å². The summed E-state index contributed by atoms with van der Waals surface area (Å²) in [6.07, 6.45) is 12.2. The molecule has 2 aromatic rings. The number of aromatic nitrogens is 2. The molecule has 3 rings (SSSR count). The number of aromatic amines is 1. The Hall–Kier alpha value is -2.95. The number of carbonyl (C=O) groups is 1. The van der Waals surface area contributed by atoms with Crippen molar-refractivity contribution in [3.05, 3.63) is 71.5 Å². The molecule has 0 aromatic carbocycles. The van der Waals surface area contributed by atoms with Crippen LogP contribution in [-0.4, -0.2) is 21.0 Å². The first-order chi connectivity index (χ1) is 13.5. The van der Waals surface area contributed by atoms with Crippen molar-refractivity contribution < 1.29 is 14.3 Å². The molecule has 2 N–H and O–H groups in total. The number of rotatable bonds is 3. The number of hydrogen-bond acceptors (Lipinski definition) is 2. The molecule has 2 aromatic heterocycles. The van der Waals surface area contributed by atoms with Crippen molar-refractivity contribution >= 4 is 11.5 Å². The van der Waals surface area contributed by atoms with Gasteiger partial charge in [0.05, 0.1) is 17.5 Å². The van der Waals surface area contributed by atoms with E-state index in [-0.39, 0.29) is 5.56 Å². The molecule has 4 nitrogen and oxygen atoms in total. The van der Waals surface area contributed by atoms with Gasteiger partial charge in [-0.15, -0.1) is 0 Å². The first-order valence-electron chi connectivity index (χ1n) is 9.58. The molecule has 0 bridgehead atoms. The van der Waals surface area contributed by atoms with E-state index in [2.05, 4.69) is 23.8 Å². The molecule has 28 heavy (non-hydrogen) atoms. The molecule has 0 unspecified atom stereocenters. The van der Waals surface area contributed by atoms with Crippen LogP contribution >= 0.6 is 0 Å². The number of allylic oxidation sites excluding steroid dienone is 6. The van der Waals surface area contributed by atoms with E-state index in [1.54, 1.807) is 0 Å². The van der Waals surface area contributed by atoms with E-state index in [4.69, 9.17) is 0 Å². The number of carboxylic acid groups (broad SMARTS) is 1. The number of H-pyrrole nitrogens is 1. The lowest BCUT2D eigenvalue weighted by atomic mass is 10.1. The summed E-state index contributed by atoms with van der Waals surface area (Å²) in [5.41, 5.74) is 3.26. The molecule has 1 aliphatic rings. The summed E-state index contributed by atoms with van der Waals surface area (Å²) in [4.78, 5) is 18.3. The summed E-state index contributed by atoms with van der Waals surface area (Å²) in [5, 5.41) is 9.46. The van der Waals surface area contributed by atoms with Gasteiger partial charge in [0.2, 0.25) is 0 Å². The maximum Gasteiger partial charge on any atom is 0.337 e. The fourth-order valence-electron chi connectivity index (χ4n) is 2.50. The van der Waals surface area contributed by atoms with Gasteiger partial charge in [0.1, 0.15) is 0 Å². The Morgan fingerprint density at radius 2 is 2.00 bits per heavy atom. The molecule has 0 saturated heterocycles. The minimum Gasteiger partial charge on any atom is -0.478 e. The van der Waals surface area contributed by atoms with Gasteiger partial charge in [-0.3, -0.25) is 4.98 Å². The zero-order chi connectivity index (χ0) is 21.1. The Morgan fingerprint density at radius 1 is 1.32 bits per heavy atom. The van der Waals surface area contributed by atoms with Gasteiger partial charge in [0.15, 0.2) is 5.82 Å². The minimum atomic E-state index is -1.06. The summed E-state index contributed by atoms with van der Waals surface area (Å²) in [6, 6.07) is 2.97. The number of nitrogens with one attached hydrogen (secondary N) is 1. The highest BCUT2D eigenvalue weighted by molar-refractivity contribution is 5.96. The number of nitrogens with zero attached hydrogens (tertiary/aromatic N) is 1. The minimum absolute atomic E-state index is 0.117. The zero-order valence-corrected chi connectivity index (χ0v) is 17.2. The summed E-state index contributed by atoms with van der Waals surface area (Å²) in [7, 11) is 0. The standard InChI is InChI=1S/C18H15FN2O2.C3H8.C2H6/c1-11-3-2-4-12(6-5-11)17-14(18(22)23)9-16(21-17)13-7-8-20-10-15(13)19;1-3-2;1-2/h2-4,6-10,21H,5H2,1H3,(H,22,23);3H2,1-2H3;1-2H3. The molecule has 1 aliphatic carbocycles. The maximum atomic E-state index is 13.9. The molecule has 0 radical (unpaired) electrons. The van der Waals surface area contributed by atoms with Crippen LogP contribution in [0, 0.1) is 5.82 Å². The highest BCUT2D eigenvalue weighted by atomic mass is 19.1. The van der Waals surface area contributed by atoms with Gasteiger partial charge in [-0.25, -0.2) is 9.18 Å². The van der Waals surface area contributed by atoms with Gasteiger partial charge in [0, 0.05) is 17.5 Å². The molecular formula is C23H29FN2O2. The van der Waals surface area contributed by atoms with Gasteiger partial charge in [0.25, 0.3) is 0 Å². The van der Waals surface area contributed by atoms with Crippen LogP contribution in [0.25, 0.3) is 16.8 Å². The van der Waals surface area contributed by atoms with Crippen molar-refractivity contribution in [2.24, 2.45) is 0 Å². The molecule has 0 spiro atoms. The quantitative estimate of drug-likeness (QED) is 0.623. The SMILES string of the molecule is CC.CC1=CC=CC(c2[nH]c(-c3ccncc3F)cc2C(=O)O)=CC1.CCC. The Kier molecular flexibility index (Phi) is 9.65. The molecule has 0 fully saturated rings. The number of carboxylic acids is 1. The Bertz CT molecular complexity index is 876. The first-order valence-corrected chi connectivity index (χ1v) is 9.58. The second-order valence-corrected chi connectivity index (χ2v) is 6.08. The fraction of sp³-hybridized carbons (Fsp3) is 0.304. The predicted octanol–water partition coefficient (Wildman–Crippen LogP) is 6.65. The van der Waals surface area contributed by atoms with Crippen LogP contribution in [0.2, 0.25) is 0 Å². The van der Waals surface area contributed by atoms with E-state index in [1.807, 2.05) is 45.1 Å². The molecule has 0 atom stereocenters. The van der Waals surface area contributed by atoms with Crippen LogP contribution in [0.4, 0.5) is 4.39 Å². The average molecular weight is 384 g/mol. The summed E-state index contributed by atoms with van der Waals surface area (Å²) in [5.74, 6) is -1.56. The number of halogens is 1. The van der Waals surface area contributed by atoms with Crippen LogP contribution in [0.5, 0.6) is 0 Å². The van der Waals surface area contributed by atoms with Crippen molar-refractivity contribution in [3.8, 4) is 11.3 Å². The second-order valence-electron chi connectivity index (χ2n) is 6.08.